The van der Waals surface area contributed by atoms with Gasteiger partial charge >= 0.3 is 12.1 Å². The number of alkyl halides is 3. The number of rotatable bonds is 3. The summed E-state index contributed by atoms with van der Waals surface area (Å²) in [4.78, 5) is 15.4. The molecule has 6 heteroatoms. The third-order valence-corrected chi connectivity index (χ3v) is 2.73. The minimum absolute atomic E-state index is 0.0102. The van der Waals surface area contributed by atoms with Gasteiger partial charge in [0.25, 0.3) is 0 Å². The monoisotopic (exact) mass is 295 g/mol. The maximum Gasteiger partial charge on any atom is 0.433 e. The number of hydrogen-bond donors (Lipinski definition) is 0. The Labute approximate surface area is 119 Å². The summed E-state index contributed by atoms with van der Waals surface area (Å²) >= 11 is 0. The zero-order chi connectivity index (χ0) is 15.5. The average Bonchev–Trinajstić information content (AvgIpc) is 2.47. The van der Waals surface area contributed by atoms with E-state index in [1.54, 1.807) is 37.3 Å². The van der Waals surface area contributed by atoms with Crippen LogP contribution in [0, 0.1) is 0 Å². The topological polar surface area (TPSA) is 39.2 Å². The Hall–Kier alpha value is -2.37. The number of ether oxygens (including phenoxy) is 1. The van der Waals surface area contributed by atoms with E-state index in [1.807, 2.05) is 0 Å². The van der Waals surface area contributed by atoms with Crippen LogP contribution >= 0.6 is 0 Å². The summed E-state index contributed by atoms with van der Waals surface area (Å²) in [5, 5.41) is 0. The Morgan fingerprint density at radius 1 is 1.14 bits per heavy atom. The Morgan fingerprint density at radius 3 is 2.38 bits per heavy atom. The fourth-order valence-corrected chi connectivity index (χ4v) is 1.81. The molecule has 0 spiro atoms. The first-order valence-electron chi connectivity index (χ1n) is 6.24. The van der Waals surface area contributed by atoms with Gasteiger partial charge in [-0.05, 0) is 19.1 Å². The largest absolute Gasteiger partial charge is 0.462 e. The molecule has 2 aromatic rings. The molecule has 0 amide bonds. The Kier molecular flexibility index (Phi) is 4.26. The highest BCUT2D eigenvalue weighted by molar-refractivity contribution is 5.96. The van der Waals surface area contributed by atoms with Gasteiger partial charge in [0.1, 0.15) is 5.69 Å². The summed E-state index contributed by atoms with van der Waals surface area (Å²) in [5.74, 6) is -0.697. The van der Waals surface area contributed by atoms with Gasteiger partial charge in [-0.2, -0.15) is 13.2 Å². The SMILES string of the molecule is CCOC(=O)c1ccc(C(F)(F)F)nc1-c1ccccc1. The van der Waals surface area contributed by atoms with Crippen molar-refractivity contribution < 1.29 is 22.7 Å². The lowest BCUT2D eigenvalue weighted by atomic mass is 10.1. The van der Waals surface area contributed by atoms with E-state index in [2.05, 4.69) is 4.98 Å². The van der Waals surface area contributed by atoms with Gasteiger partial charge in [0.15, 0.2) is 0 Å². The van der Waals surface area contributed by atoms with Gasteiger partial charge < -0.3 is 4.74 Å². The second kappa shape index (κ2) is 5.95. The van der Waals surface area contributed by atoms with E-state index >= 15 is 0 Å². The Balaban J connectivity index is 2.59. The minimum Gasteiger partial charge on any atom is -0.462 e. The van der Waals surface area contributed by atoms with Gasteiger partial charge in [-0.1, -0.05) is 30.3 Å². The van der Waals surface area contributed by atoms with Crippen molar-refractivity contribution >= 4 is 5.97 Å². The van der Waals surface area contributed by atoms with E-state index in [1.165, 1.54) is 0 Å². The number of nitrogens with zero attached hydrogens (tertiary/aromatic N) is 1. The molecule has 0 saturated carbocycles. The quantitative estimate of drug-likeness (QED) is 0.805. The van der Waals surface area contributed by atoms with Crippen LogP contribution in [0.2, 0.25) is 0 Å². The van der Waals surface area contributed by atoms with Crippen LogP contribution in [0.5, 0.6) is 0 Å². The number of benzene rings is 1. The molecule has 0 aliphatic rings. The minimum atomic E-state index is -4.57. The molecule has 0 fully saturated rings. The molecular weight excluding hydrogens is 283 g/mol. The first-order chi connectivity index (χ1) is 9.93. The number of carbonyl (C=O) groups excluding carboxylic acids is 1. The van der Waals surface area contributed by atoms with Crippen molar-refractivity contribution in [2.45, 2.75) is 13.1 Å². The lowest BCUT2D eigenvalue weighted by molar-refractivity contribution is -0.141. The lowest BCUT2D eigenvalue weighted by Gasteiger charge is -2.12. The summed E-state index contributed by atoms with van der Waals surface area (Å²) in [6, 6.07) is 10.1. The van der Waals surface area contributed by atoms with Gasteiger partial charge in [-0.25, -0.2) is 9.78 Å². The molecule has 0 aliphatic carbocycles. The lowest BCUT2D eigenvalue weighted by Crippen LogP contribution is -2.13. The van der Waals surface area contributed by atoms with Crippen molar-refractivity contribution in [3.63, 3.8) is 0 Å². The zero-order valence-corrected chi connectivity index (χ0v) is 11.1. The summed E-state index contributed by atoms with van der Waals surface area (Å²) < 4.78 is 43.2. The van der Waals surface area contributed by atoms with E-state index in [0.29, 0.717) is 5.56 Å². The van der Waals surface area contributed by atoms with Crippen LogP contribution in [0.1, 0.15) is 23.0 Å². The average molecular weight is 295 g/mol. The predicted molar refractivity (Wildman–Crippen MR) is 70.6 cm³/mol. The molecule has 21 heavy (non-hydrogen) atoms. The number of esters is 1. The Bertz CT molecular complexity index is 639. The first-order valence-corrected chi connectivity index (χ1v) is 6.24. The molecule has 0 aliphatic heterocycles. The molecule has 1 heterocycles. The smallest absolute Gasteiger partial charge is 0.433 e. The van der Waals surface area contributed by atoms with Gasteiger partial charge in [0.05, 0.1) is 17.9 Å². The fourth-order valence-electron chi connectivity index (χ4n) is 1.81. The van der Waals surface area contributed by atoms with E-state index < -0.39 is 17.8 Å². The van der Waals surface area contributed by atoms with E-state index in [-0.39, 0.29) is 17.9 Å². The maximum absolute atomic E-state index is 12.8. The van der Waals surface area contributed by atoms with Crippen molar-refractivity contribution in [2.24, 2.45) is 0 Å². The molecule has 1 aromatic heterocycles. The molecule has 0 bridgehead atoms. The highest BCUT2D eigenvalue weighted by atomic mass is 19.4. The molecule has 1 aromatic carbocycles. The van der Waals surface area contributed by atoms with Crippen LogP contribution < -0.4 is 0 Å². The summed E-state index contributed by atoms with van der Waals surface area (Å²) in [5.41, 5.74) is -0.652. The molecule has 2 rings (SSSR count). The van der Waals surface area contributed by atoms with E-state index in [4.69, 9.17) is 4.74 Å². The third kappa shape index (κ3) is 3.39. The predicted octanol–water partition coefficient (Wildman–Crippen LogP) is 3.94. The van der Waals surface area contributed by atoms with Crippen LogP contribution in [-0.4, -0.2) is 17.6 Å². The highest BCUT2D eigenvalue weighted by Gasteiger charge is 2.33. The standard InChI is InChI=1S/C15H12F3NO2/c1-2-21-14(20)11-8-9-12(15(16,17)18)19-13(11)10-6-4-3-5-7-10/h3-9H,2H2,1H3. The zero-order valence-electron chi connectivity index (χ0n) is 11.1. The van der Waals surface area contributed by atoms with Crippen LogP contribution in [0.4, 0.5) is 13.2 Å². The number of hydrogen-bond acceptors (Lipinski definition) is 3. The maximum atomic E-state index is 12.8. The van der Waals surface area contributed by atoms with E-state index in [9.17, 15) is 18.0 Å². The molecule has 3 nitrogen and oxygen atoms in total. The van der Waals surface area contributed by atoms with Crippen LogP contribution in [0.25, 0.3) is 11.3 Å². The molecule has 0 saturated heterocycles. The Morgan fingerprint density at radius 2 is 1.81 bits per heavy atom. The van der Waals surface area contributed by atoms with Crippen molar-refractivity contribution in [3.8, 4) is 11.3 Å². The van der Waals surface area contributed by atoms with Gasteiger partial charge in [-0.15, -0.1) is 0 Å². The van der Waals surface area contributed by atoms with Crippen molar-refractivity contribution in [3.05, 3.63) is 53.7 Å². The number of pyridine rings is 1. The van der Waals surface area contributed by atoms with Gasteiger partial charge in [-0.3, -0.25) is 0 Å². The number of halogens is 3. The van der Waals surface area contributed by atoms with Crippen molar-refractivity contribution in [2.75, 3.05) is 6.61 Å². The fraction of sp³-hybridized carbons (Fsp3) is 0.200. The third-order valence-electron chi connectivity index (χ3n) is 2.73. The number of carbonyl (C=O) groups is 1. The second-order valence-corrected chi connectivity index (χ2v) is 4.18. The van der Waals surface area contributed by atoms with Crippen LogP contribution in [-0.2, 0) is 10.9 Å². The van der Waals surface area contributed by atoms with Crippen LogP contribution in [0.3, 0.4) is 0 Å². The molecule has 0 radical (unpaired) electrons. The molecular formula is C15H12F3NO2. The summed E-state index contributed by atoms with van der Waals surface area (Å²) in [7, 11) is 0. The molecule has 0 atom stereocenters. The van der Waals surface area contributed by atoms with Crippen molar-refractivity contribution in [1.82, 2.24) is 4.98 Å². The number of aromatic nitrogens is 1. The summed E-state index contributed by atoms with van der Waals surface area (Å²) in [6.07, 6.45) is -4.57. The van der Waals surface area contributed by atoms with Gasteiger partial charge in [0, 0.05) is 5.56 Å². The second-order valence-electron chi connectivity index (χ2n) is 4.18. The normalized spacial score (nSPS) is 11.2. The van der Waals surface area contributed by atoms with Crippen LogP contribution in [0.15, 0.2) is 42.5 Å². The summed E-state index contributed by atoms with van der Waals surface area (Å²) in [6.45, 7) is 1.76. The highest BCUT2D eigenvalue weighted by Crippen LogP contribution is 2.31. The first kappa shape index (κ1) is 15.0. The van der Waals surface area contributed by atoms with Crippen molar-refractivity contribution in [1.29, 1.82) is 0 Å². The molecule has 0 unspecified atom stereocenters. The molecule has 0 N–H and O–H groups in total. The van der Waals surface area contributed by atoms with Gasteiger partial charge in [0.2, 0.25) is 0 Å². The molecule has 110 valence electrons. The van der Waals surface area contributed by atoms with E-state index in [0.717, 1.165) is 12.1 Å².